The van der Waals surface area contributed by atoms with Crippen molar-refractivity contribution in [1.29, 1.82) is 0 Å². The predicted molar refractivity (Wildman–Crippen MR) is 83.2 cm³/mol. The highest BCUT2D eigenvalue weighted by molar-refractivity contribution is 7.89. The van der Waals surface area contributed by atoms with Gasteiger partial charge in [0, 0.05) is 25.2 Å². The third-order valence-electron chi connectivity index (χ3n) is 4.90. The average Bonchev–Trinajstić information content (AvgIpc) is 2.33. The molecule has 0 aromatic carbocycles. The van der Waals surface area contributed by atoms with E-state index in [0.29, 0.717) is 37.3 Å². The van der Waals surface area contributed by atoms with Crippen molar-refractivity contribution >= 4 is 10.0 Å². The maximum atomic E-state index is 12.0. The van der Waals surface area contributed by atoms with Crippen molar-refractivity contribution in [1.82, 2.24) is 9.62 Å². The first-order valence-electron chi connectivity index (χ1n) is 8.16. The van der Waals surface area contributed by atoms with Crippen LogP contribution >= 0.6 is 0 Å². The lowest BCUT2D eigenvalue weighted by atomic mass is 9.73. The molecule has 0 atom stereocenters. The molecule has 2 fully saturated rings. The Morgan fingerprint density at radius 1 is 1.15 bits per heavy atom. The van der Waals surface area contributed by atoms with Gasteiger partial charge in [-0.1, -0.05) is 20.8 Å². The van der Waals surface area contributed by atoms with Crippen molar-refractivity contribution < 1.29 is 8.42 Å². The van der Waals surface area contributed by atoms with E-state index in [4.69, 9.17) is 0 Å². The number of nitrogens with one attached hydrogen (secondary N) is 1. The fourth-order valence-electron chi connectivity index (χ4n) is 3.36. The van der Waals surface area contributed by atoms with Gasteiger partial charge in [0.25, 0.3) is 0 Å². The second kappa shape index (κ2) is 6.75. The van der Waals surface area contributed by atoms with Crippen molar-refractivity contribution in [3.63, 3.8) is 0 Å². The molecule has 2 aliphatic rings. The number of rotatable bonds is 6. The Balaban J connectivity index is 1.70. The maximum absolute atomic E-state index is 12.0. The molecular formula is C15H30N2O2S. The molecule has 0 unspecified atom stereocenters. The lowest BCUT2D eigenvalue weighted by Crippen LogP contribution is -2.52. The summed E-state index contributed by atoms with van der Waals surface area (Å²) in [5.41, 5.74) is 0. The molecule has 5 heteroatoms. The topological polar surface area (TPSA) is 49.4 Å². The van der Waals surface area contributed by atoms with Crippen molar-refractivity contribution in [3.8, 4) is 0 Å². The summed E-state index contributed by atoms with van der Waals surface area (Å²) in [6.45, 7) is 7.92. The van der Waals surface area contributed by atoms with Crippen LogP contribution in [0.15, 0.2) is 0 Å². The molecule has 0 radical (unpaired) electrons. The minimum absolute atomic E-state index is 0.295. The molecule has 0 spiro atoms. The Morgan fingerprint density at radius 2 is 1.75 bits per heavy atom. The Hall–Kier alpha value is -0.130. The Labute approximate surface area is 124 Å². The Morgan fingerprint density at radius 3 is 2.25 bits per heavy atom. The van der Waals surface area contributed by atoms with Gasteiger partial charge < -0.3 is 5.32 Å². The fraction of sp³-hybridized carbons (Fsp3) is 1.00. The zero-order valence-electron chi connectivity index (χ0n) is 13.1. The summed E-state index contributed by atoms with van der Waals surface area (Å²) >= 11 is 0. The first-order chi connectivity index (χ1) is 9.42. The van der Waals surface area contributed by atoms with Gasteiger partial charge in [-0.15, -0.1) is 0 Å². The van der Waals surface area contributed by atoms with Crippen LogP contribution in [0.4, 0.5) is 0 Å². The van der Waals surface area contributed by atoms with Gasteiger partial charge in [-0.25, -0.2) is 12.7 Å². The summed E-state index contributed by atoms with van der Waals surface area (Å²) in [5.74, 6) is 1.98. The number of piperidine rings is 1. The molecule has 1 saturated heterocycles. The highest BCUT2D eigenvalue weighted by atomic mass is 32.2. The zero-order valence-corrected chi connectivity index (χ0v) is 14.0. The predicted octanol–water partition coefficient (Wildman–Crippen LogP) is 2.21. The van der Waals surface area contributed by atoms with Crippen LogP contribution in [-0.4, -0.2) is 43.6 Å². The first-order valence-corrected chi connectivity index (χ1v) is 9.77. The van der Waals surface area contributed by atoms with Gasteiger partial charge in [0.1, 0.15) is 0 Å². The average molecular weight is 302 g/mol. The summed E-state index contributed by atoms with van der Waals surface area (Å²) in [6, 6.07) is 1.19. The molecule has 1 aliphatic heterocycles. The zero-order chi connectivity index (χ0) is 14.8. The normalized spacial score (nSPS) is 29.6. The van der Waals surface area contributed by atoms with Crippen LogP contribution in [0, 0.1) is 11.8 Å². The molecule has 20 heavy (non-hydrogen) atoms. The lowest BCUT2D eigenvalue weighted by molar-refractivity contribution is 0.144. The minimum atomic E-state index is -2.99. The monoisotopic (exact) mass is 302 g/mol. The number of hydrogen-bond acceptors (Lipinski definition) is 3. The van der Waals surface area contributed by atoms with E-state index >= 15 is 0 Å². The standard InChI is InChI=1S/C15H30N2O2S/c1-4-9-20(18,19)17-7-5-14(6-8-17)16-15-10-13(11-15)12(2)3/h12-16H,4-11H2,1-3H3. The number of nitrogens with zero attached hydrogens (tertiary/aromatic N) is 1. The van der Waals surface area contributed by atoms with E-state index in [1.165, 1.54) is 12.8 Å². The number of sulfonamides is 1. The SMILES string of the molecule is CCCS(=O)(=O)N1CCC(NC2CC(C(C)C)C2)CC1. The number of hydrogen-bond donors (Lipinski definition) is 1. The van der Waals surface area contributed by atoms with Crippen LogP contribution in [-0.2, 0) is 10.0 Å². The summed E-state index contributed by atoms with van der Waals surface area (Å²) in [4.78, 5) is 0. The van der Waals surface area contributed by atoms with Gasteiger partial charge in [-0.3, -0.25) is 0 Å². The molecule has 0 aromatic rings. The molecule has 2 rings (SSSR count). The van der Waals surface area contributed by atoms with Crippen LogP contribution in [0.2, 0.25) is 0 Å². The molecule has 0 amide bonds. The van der Waals surface area contributed by atoms with Crippen molar-refractivity contribution in [2.45, 2.75) is 65.0 Å². The van der Waals surface area contributed by atoms with Gasteiger partial charge >= 0.3 is 0 Å². The van der Waals surface area contributed by atoms with Crippen LogP contribution in [0.25, 0.3) is 0 Å². The summed E-state index contributed by atoms with van der Waals surface area (Å²) in [5, 5.41) is 3.72. The molecular weight excluding hydrogens is 272 g/mol. The smallest absolute Gasteiger partial charge is 0.214 e. The first kappa shape index (κ1) is 16.2. The van der Waals surface area contributed by atoms with Crippen LogP contribution in [0.1, 0.15) is 52.9 Å². The van der Waals surface area contributed by atoms with Gasteiger partial charge in [0.05, 0.1) is 5.75 Å². The molecule has 118 valence electrons. The van der Waals surface area contributed by atoms with E-state index in [2.05, 4.69) is 19.2 Å². The summed E-state index contributed by atoms with van der Waals surface area (Å²) in [7, 11) is -2.99. The summed E-state index contributed by atoms with van der Waals surface area (Å²) < 4.78 is 25.7. The molecule has 0 aromatic heterocycles. The third-order valence-corrected chi connectivity index (χ3v) is 6.97. The highest BCUT2D eigenvalue weighted by Gasteiger charge is 2.34. The maximum Gasteiger partial charge on any atom is 0.214 e. The quantitative estimate of drug-likeness (QED) is 0.818. The lowest BCUT2D eigenvalue weighted by Gasteiger charge is -2.42. The van der Waals surface area contributed by atoms with Crippen LogP contribution < -0.4 is 5.32 Å². The van der Waals surface area contributed by atoms with Crippen molar-refractivity contribution in [3.05, 3.63) is 0 Å². The summed E-state index contributed by atoms with van der Waals surface area (Å²) in [6.07, 6.45) is 5.23. The Kier molecular flexibility index (Phi) is 5.49. The third kappa shape index (κ3) is 3.95. The fourth-order valence-corrected chi connectivity index (χ4v) is 4.90. The van der Waals surface area contributed by atoms with Gasteiger partial charge in [-0.2, -0.15) is 0 Å². The van der Waals surface area contributed by atoms with E-state index in [9.17, 15) is 8.42 Å². The Bertz CT molecular complexity index is 394. The van der Waals surface area contributed by atoms with Crippen LogP contribution in [0.3, 0.4) is 0 Å². The van der Waals surface area contributed by atoms with E-state index in [1.54, 1.807) is 4.31 Å². The van der Waals surface area contributed by atoms with E-state index < -0.39 is 10.0 Å². The largest absolute Gasteiger partial charge is 0.311 e. The molecule has 4 nitrogen and oxygen atoms in total. The van der Waals surface area contributed by atoms with Gasteiger partial charge in [0.2, 0.25) is 10.0 Å². The van der Waals surface area contributed by atoms with Gasteiger partial charge in [0.15, 0.2) is 0 Å². The molecule has 1 aliphatic carbocycles. The van der Waals surface area contributed by atoms with E-state index in [-0.39, 0.29) is 0 Å². The van der Waals surface area contributed by atoms with Crippen molar-refractivity contribution in [2.24, 2.45) is 11.8 Å². The second-order valence-corrected chi connectivity index (χ2v) is 8.92. The van der Waals surface area contributed by atoms with E-state index in [1.807, 2.05) is 6.92 Å². The van der Waals surface area contributed by atoms with Crippen LogP contribution in [0.5, 0.6) is 0 Å². The van der Waals surface area contributed by atoms with Gasteiger partial charge in [-0.05, 0) is 43.9 Å². The molecule has 1 saturated carbocycles. The second-order valence-electron chi connectivity index (χ2n) is 6.83. The van der Waals surface area contributed by atoms with Crippen molar-refractivity contribution in [2.75, 3.05) is 18.8 Å². The molecule has 1 heterocycles. The minimum Gasteiger partial charge on any atom is -0.311 e. The van der Waals surface area contributed by atoms with E-state index in [0.717, 1.165) is 24.7 Å². The molecule has 0 bridgehead atoms. The molecule has 1 N–H and O–H groups in total. The highest BCUT2D eigenvalue weighted by Crippen LogP contribution is 2.34.